The van der Waals surface area contributed by atoms with Crippen LogP contribution in [0.3, 0.4) is 0 Å². The maximum atomic E-state index is 9.17. The van der Waals surface area contributed by atoms with E-state index in [1.807, 2.05) is 0 Å². The molecule has 0 atom stereocenters. The van der Waals surface area contributed by atoms with Gasteiger partial charge in [0.25, 0.3) is 0 Å². The first-order chi connectivity index (χ1) is 5.77. The van der Waals surface area contributed by atoms with Crippen LogP contribution in [0, 0.1) is 0 Å². The Morgan fingerprint density at radius 2 is 2.25 bits per heavy atom. The average Bonchev–Trinajstić information content (AvgIpc) is 2.09. The lowest BCUT2D eigenvalue weighted by Crippen LogP contribution is -1.86. The Bertz CT molecular complexity index is 296. The van der Waals surface area contributed by atoms with Gasteiger partial charge in [-0.25, -0.2) is 0 Å². The van der Waals surface area contributed by atoms with Crippen LogP contribution in [0.4, 0.5) is 0 Å². The predicted octanol–water partition coefficient (Wildman–Crippen LogP) is 1.21. The van der Waals surface area contributed by atoms with Crippen LogP contribution in [0.15, 0.2) is 23.4 Å². The van der Waals surface area contributed by atoms with Gasteiger partial charge < -0.3 is 15.1 Å². The minimum Gasteiger partial charge on any atom is -0.504 e. The monoisotopic (exact) mass is 167 g/mol. The van der Waals surface area contributed by atoms with Gasteiger partial charge in [-0.3, -0.25) is 0 Å². The van der Waals surface area contributed by atoms with E-state index in [2.05, 4.69) is 5.16 Å². The van der Waals surface area contributed by atoms with Crippen LogP contribution >= 0.6 is 0 Å². The summed E-state index contributed by atoms with van der Waals surface area (Å²) in [6.45, 7) is 0. The summed E-state index contributed by atoms with van der Waals surface area (Å²) in [5.74, 6) is 0.417. The lowest BCUT2D eigenvalue weighted by molar-refractivity contribution is 0.322. The van der Waals surface area contributed by atoms with E-state index < -0.39 is 0 Å². The van der Waals surface area contributed by atoms with Gasteiger partial charge in [0.1, 0.15) is 0 Å². The molecule has 0 radical (unpaired) electrons. The average molecular weight is 167 g/mol. The minimum atomic E-state index is 0.0626. The van der Waals surface area contributed by atoms with E-state index in [0.29, 0.717) is 11.3 Å². The van der Waals surface area contributed by atoms with Crippen LogP contribution in [-0.4, -0.2) is 23.6 Å². The first-order valence-electron chi connectivity index (χ1n) is 3.32. The van der Waals surface area contributed by atoms with E-state index in [-0.39, 0.29) is 5.75 Å². The number of nitrogens with zero attached hydrogens (tertiary/aromatic N) is 1. The third-order valence-electron chi connectivity index (χ3n) is 1.41. The third-order valence-corrected chi connectivity index (χ3v) is 1.41. The summed E-state index contributed by atoms with van der Waals surface area (Å²) in [6, 6.07) is 4.64. The van der Waals surface area contributed by atoms with Crippen molar-refractivity contribution in [2.24, 2.45) is 5.16 Å². The van der Waals surface area contributed by atoms with Crippen LogP contribution in [-0.2, 0) is 0 Å². The molecule has 1 aromatic carbocycles. The molecule has 0 bridgehead atoms. The van der Waals surface area contributed by atoms with Crippen molar-refractivity contribution in [3.05, 3.63) is 23.8 Å². The van der Waals surface area contributed by atoms with Crippen molar-refractivity contribution in [1.82, 2.24) is 0 Å². The van der Waals surface area contributed by atoms with Gasteiger partial charge in [-0.05, 0) is 18.2 Å². The molecule has 1 aromatic rings. The molecule has 0 saturated carbocycles. The molecule has 0 amide bonds. The van der Waals surface area contributed by atoms with Crippen LogP contribution in [0.2, 0.25) is 0 Å². The van der Waals surface area contributed by atoms with Crippen molar-refractivity contribution in [3.63, 3.8) is 0 Å². The normalized spacial score (nSPS) is 10.4. The Kier molecular flexibility index (Phi) is 2.53. The standard InChI is InChI=1S/C8H9NO3/c1-12-8-4-6(5-9-11)2-3-7(8)10/h2-5,10-11H,1H3. The molecule has 12 heavy (non-hydrogen) atoms. The topological polar surface area (TPSA) is 62.0 Å². The Morgan fingerprint density at radius 3 is 2.83 bits per heavy atom. The number of benzene rings is 1. The molecule has 0 aliphatic rings. The number of phenolic OH excluding ortho intramolecular Hbond substituents is 1. The van der Waals surface area contributed by atoms with E-state index >= 15 is 0 Å². The number of hydrogen-bond acceptors (Lipinski definition) is 4. The van der Waals surface area contributed by atoms with E-state index in [1.165, 1.54) is 19.4 Å². The van der Waals surface area contributed by atoms with Gasteiger partial charge >= 0.3 is 0 Å². The van der Waals surface area contributed by atoms with Crippen molar-refractivity contribution in [1.29, 1.82) is 0 Å². The van der Waals surface area contributed by atoms with Crippen molar-refractivity contribution in [2.75, 3.05) is 7.11 Å². The van der Waals surface area contributed by atoms with Crippen LogP contribution in [0.25, 0.3) is 0 Å². The van der Waals surface area contributed by atoms with E-state index in [0.717, 1.165) is 0 Å². The Hall–Kier alpha value is -1.71. The summed E-state index contributed by atoms with van der Waals surface area (Å²) in [5.41, 5.74) is 0.659. The second kappa shape index (κ2) is 3.61. The van der Waals surface area contributed by atoms with Crippen molar-refractivity contribution < 1.29 is 15.1 Å². The second-order valence-corrected chi connectivity index (χ2v) is 2.18. The first kappa shape index (κ1) is 8.39. The van der Waals surface area contributed by atoms with Crippen molar-refractivity contribution >= 4 is 6.21 Å². The van der Waals surface area contributed by atoms with Gasteiger partial charge in [-0.15, -0.1) is 0 Å². The summed E-state index contributed by atoms with van der Waals surface area (Å²) in [7, 11) is 1.45. The lowest BCUT2D eigenvalue weighted by atomic mass is 10.2. The molecule has 0 saturated heterocycles. The molecule has 0 unspecified atom stereocenters. The maximum absolute atomic E-state index is 9.17. The summed E-state index contributed by atoms with van der Waals surface area (Å²) in [4.78, 5) is 0. The number of aromatic hydroxyl groups is 1. The van der Waals surface area contributed by atoms with Gasteiger partial charge in [0.2, 0.25) is 0 Å². The number of methoxy groups -OCH3 is 1. The smallest absolute Gasteiger partial charge is 0.161 e. The zero-order chi connectivity index (χ0) is 8.97. The van der Waals surface area contributed by atoms with Gasteiger partial charge in [0.05, 0.1) is 13.3 Å². The number of phenols is 1. The van der Waals surface area contributed by atoms with Gasteiger partial charge in [0.15, 0.2) is 11.5 Å². The molecule has 0 heterocycles. The lowest BCUT2D eigenvalue weighted by Gasteiger charge is -2.02. The highest BCUT2D eigenvalue weighted by Crippen LogP contribution is 2.25. The highest BCUT2D eigenvalue weighted by Gasteiger charge is 2.00. The van der Waals surface area contributed by atoms with Crippen molar-refractivity contribution in [2.45, 2.75) is 0 Å². The Morgan fingerprint density at radius 1 is 1.50 bits per heavy atom. The highest BCUT2D eigenvalue weighted by molar-refractivity contribution is 5.80. The third kappa shape index (κ3) is 1.66. The summed E-state index contributed by atoms with van der Waals surface area (Å²) in [5, 5.41) is 20.2. The second-order valence-electron chi connectivity index (χ2n) is 2.18. The number of rotatable bonds is 2. The summed E-state index contributed by atoms with van der Waals surface area (Å²) < 4.78 is 4.84. The Labute approximate surface area is 69.7 Å². The van der Waals surface area contributed by atoms with Gasteiger partial charge in [0, 0.05) is 5.56 Å². The fourth-order valence-corrected chi connectivity index (χ4v) is 0.841. The zero-order valence-electron chi connectivity index (χ0n) is 6.56. The highest BCUT2D eigenvalue weighted by atomic mass is 16.5. The summed E-state index contributed by atoms with van der Waals surface area (Å²) in [6.07, 6.45) is 1.25. The van der Waals surface area contributed by atoms with E-state index in [1.54, 1.807) is 12.1 Å². The Balaban J connectivity index is 3.05. The SMILES string of the molecule is COc1cc(C=NO)ccc1O. The molecule has 2 N–H and O–H groups in total. The largest absolute Gasteiger partial charge is 0.504 e. The van der Waals surface area contributed by atoms with E-state index in [9.17, 15) is 5.11 Å². The van der Waals surface area contributed by atoms with Gasteiger partial charge in [-0.2, -0.15) is 0 Å². The predicted molar refractivity (Wildman–Crippen MR) is 44.0 cm³/mol. The molecular weight excluding hydrogens is 158 g/mol. The molecule has 4 nitrogen and oxygen atoms in total. The molecular formula is C8H9NO3. The number of oxime groups is 1. The zero-order valence-corrected chi connectivity index (χ0v) is 6.56. The van der Waals surface area contributed by atoms with Crippen LogP contribution in [0.5, 0.6) is 11.5 Å². The molecule has 0 aliphatic carbocycles. The molecule has 0 spiro atoms. The quantitative estimate of drug-likeness (QED) is 0.395. The first-order valence-corrected chi connectivity index (χ1v) is 3.32. The van der Waals surface area contributed by atoms with Crippen LogP contribution < -0.4 is 4.74 Å². The van der Waals surface area contributed by atoms with Crippen LogP contribution in [0.1, 0.15) is 5.56 Å². The molecule has 0 fully saturated rings. The maximum Gasteiger partial charge on any atom is 0.161 e. The van der Waals surface area contributed by atoms with Crippen molar-refractivity contribution in [3.8, 4) is 11.5 Å². The molecule has 64 valence electrons. The fourth-order valence-electron chi connectivity index (χ4n) is 0.841. The number of ether oxygens (including phenoxy) is 1. The molecule has 1 rings (SSSR count). The molecule has 0 aliphatic heterocycles. The minimum absolute atomic E-state index is 0.0626. The van der Waals surface area contributed by atoms with E-state index in [4.69, 9.17) is 9.94 Å². The fraction of sp³-hybridized carbons (Fsp3) is 0.125. The summed E-state index contributed by atoms with van der Waals surface area (Å²) >= 11 is 0. The molecule has 0 aromatic heterocycles. The molecule has 4 heteroatoms. The van der Waals surface area contributed by atoms with Gasteiger partial charge in [-0.1, -0.05) is 5.16 Å². The number of hydrogen-bond donors (Lipinski definition) is 2.